The minimum absolute atomic E-state index is 0.103. The maximum Gasteiger partial charge on any atom is 0.246 e. The van der Waals surface area contributed by atoms with Crippen molar-refractivity contribution in [3.8, 4) is 0 Å². The van der Waals surface area contributed by atoms with E-state index < -0.39 is 0 Å². The minimum Gasteiger partial charge on any atom is -0.338 e. The Morgan fingerprint density at radius 3 is 2.63 bits per heavy atom. The zero-order valence-electron chi connectivity index (χ0n) is 17.8. The van der Waals surface area contributed by atoms with E-state index in [9.17, 15) is 9.59 Å². The molecule has 0 aromatic rings. The van der Waals surface area contributed by atoms with Crippen molar-refractivity contribution < 1.29 is 9.59 Å². The van der Waals surface area contributed by atoms with Crippen LogP contribution in [0, 0.1) is 40.4 Å². The average molecular weight is 372 g/mol. The van der Waals surface area contributed by atoms with Crippen LogP contribution in [0.15, 0.2) is 12.2 Å². The summed E-state index contributed by atoms with van der Waals surface area (Å²) in [5.74, 6) is 3.22. The van der Waals surface area contributed by atoms with E-state index in [2.05, 4.69) is 33.8 Å². The molecular formula is C24H37NO2. The third kappa shape index (κ3) is 2.59. The van der Waals surface area contributed by atoms with Crippen molar-refractivity contribution >= 4 is 11.7 Å². The topological polar surface area (TPSA) is 37.4 Å². The highest BCUT2D eigenvalue weighted by Crippen LogP contribution is 2.65. The molecule has 3 saturated carbocycles. The largest absolute Gasteiger partial charge is 0.338 e. The van der Waals surface area contributed by atoms with E-state index in [1.54, 1.807) is 0 Å². The Balaban J connectivity index is 1.62. The maximum atomic E-state index is 13.1. The molecule has 3 heteroatoms. The van der Waals surface area contributed by atoms with E-state index in [1.807, 2.05) is 18.0 Å². The van der Waals surface area contributed by atoms with Gasteiger partial charge in [0.2, 0.25) is 5.91 Å². The van der Waals surface area contributed by atoms with Gasteiger partial charge in [0.15, 0.2) is 0 Å². The van der Waals surface area contributed by atoms with E-state index in [-0.39, 0.29) is 28.6 Å². The second-order valence-corrected chi connectivity index (χ2v) is 10.5. The number of hydrogen-bond acceptors (Lipinski definition) is 2. The molecule has 4 aliphatic rings. The van der Waals surface area contributed by atoms with Gasteiger partial charge in [-0.05, 0) is 74.2 Å². The SMILES string of the molecule is CCC(C)C(=O)[C@H]1CC[C@H]2[C@@H]3CC[C@H]4N(C)C(=O)C=C[C@]4(C)[C@H]3CC[C@]12C. The molecule has 3 nitrogen and oxygen atoms in total. The second-order valence-electron chi connectivity index (χ2n) is 10.5. The van der Waals surface area contributed by atoms with Crippen LogP contribution in [0.4, 0.5) is 0 Å². The molecule has 8 atom stereocenters. The third-order valence-electron chi connectivity index (χ3n) is 9.57. The van der Waals surface area contributed by atoms with Crippen molar-refractivity contribution in [2.24, 2.45) is 40.4 Å². The monoisotopic (exact) mass is 371 g/mol. The zero-order chi connectivity index (χ0) is 19.6. The molecule has 0 saturated heterocycles. The summed E-state index contributed by atoms with van der Waals surface area (Å²) >= 11 is 0. The Morgan fingerprint density at radius 1 is 1.19 bits per heavy atom. The van der Waals surface area contributed by atoms with Crippen LogP contribution in [-0.2, 0) is 9.59 Å². The van der Waals surface area contributed by atoms with Crippen molar-refractivity contribution in [3.05, 3.63) is 12.2 Å². The number of rotatable bonds is 3. The molecule has 0 spiro atoms. The van der Waals surface area contributed by atoms with Crippen molar-refractivity contribution in [1.82, 2.24) is 4.90 Å². The van der Waals surface area contributed by atoms with Gasteiger partial charge < -0.3 is 4.90 Å². The van der Waals surface area contributed by atoms with E-state index in [0.29, 0.717) is 29.6 Å². The first-order valence-corrected chi connectivity index (χ1v) is 11.2. The lowest BCUT2D eigenvalue weighted by Gasteiger charge is -2.60. The molecule has 150 valence electrons. The molecule has 1 heterocycles. The maximum absolute atomic E-state index is 13.1. The highest BCUT2D eigenvalue weighted by molar-refractivity contribution is 5.89. The van der Waals surface area contributed by atoms with Crippen LogP contribution in [0.3, 0.4) is 0 Å². The Hall–Kier alpha value is -1.12. The van der Waals surface area contributed by atoms with Crippen LogP contribution in [-0.4, -0.2) is 29.7 Å². The van der Waals surface area contributed by atoms with Crippen LogP contribution in [0.5, 0.6) is 0 Å². The highest BCUT2D eigenvalue weighted by Gasteiger charge is 2.61. The first-order chi connectivity index (χ1) is 12.7. The van der Waals surface area contributed by atoms with Crippen LogP contribution < -0.4 is 0 Å². The Morgan fingerprint density at radius 2 is 1.93 bits per heavy atom. The van der Waals surface area contributed by atoms with Gasteiger partial charge in [-0.2, -0.15) is 0 Å². The van der Waals surface area contributed by atoms with Crippen molar-refractivity contribution in [1.29, 1.82) is 0 Å². The first-order valence-electron chi connectivity index (χ1n) is 11.2. The molecule has 1 amide bonds. The number of hydrogen-bond donors (Lipinski definition) is 0. The van der Waals surface area contributed by atoms with Gasteiger partial charge in [-0.25, -0.2) is 0 Å². The number of amides is 1. The van der Waals surface area contributed by atoms with Gasteiger partial charge in [0.1, 0.15) is 5.78 Å². The van der Waals surface area contributed by atoms with Gasteiger partial charge in [-0.1, -0.05) is 33.8 Å². The summed E-state index contributed by atoms with van der Waals surface area (Å²) in [7, 11) is 1.98. The molecule has 0 radical (unpaired) electrons. The average Bonchev–Trinajstić information content (AvgIpc) is 3.01. The van der Waals surface area contributed by atoms with Crippen LogP contribution in [0.2, 0.25) is 0 Å². The lowest BCUT2D eigenvalue weighted by Crippen LogP contribution is -2.59. The van der Waals surface area contributed by atoms with Crippen molar-refractivity contribution in [2.45, 2.75) is 78.7 Å². The Bertz CT molecular complexity index is 669. The summed E-state index contributed by atoms with van der Waals surface area (Å²) in [5.41, 5.74) is 0.302. The predicted molar refractivity (Wildman–Crippen MR) is 108 cm³/mol. The highest BCUT2D eigenvalue weighted by atomic mass is 16.2. The van der Waals surface area contributed by atoms with Crippen LogP contribution >= 0.6 is 0 Å². The number of fused-ring (bicyclic) bond motifs is 5. The fourth-order valence-electron chi connectivity index (χ4n) is 7.75. The lowest BCUT2D eigenvalue weighted by molar-refractivity contribution is -0.142. The van der Waals surface area contributed by atoms with E-state index in [4.69, 9.17) is 0 Å². The number of nitrogens with zero attached hydrogens (tertiary/aromatic N) is 1. The van der Waals surface area contributed by atoms with Crippen LogP contribution in [0.1, 0.15) is 72.6 Å². The van der Waals surface area contributed by atoms with Gasteiger partial charge in [0.25, 0.3) is 0 Å². The van der Waals surface area contributed by atoms with E-state index in [1.165, 1.54) is 25.7 Å². The van der Waals surface area contributed by atoms with Crippen molar-refractivity contribution in [2.75, 3.05) is 7.05 Å². The molecular weight excluding hydrogens is 334 g/mol. The summed E-state index contributed by atoms with van der Waals surface area (Å²) in [6.07, 6.45) is 12.1. The van der Waals surface area contributed by atoms with E-state index in [0.717, 1.165) is 19.3 Å². The van der Waals surface area contributed by atoms with Gasteiger partial charge in [-0.3, -0.25) is 9.59 Å². The Labute approximate surface area is 165 Å². The molecule has 3 aliphatic carbocycles. The smallest absolute Gasteiger partial charge is 0.246 e. The molecule has 27 heavy (non-hydrogen) atoms. The summed E-state index contributed by atoms with van der Waals surface area (Å²) in [4.78, 5) is 27.3. The summed E-state index contributed by atoms with van der Waals surface area (Å²) in [5, 5.41) is 0. The fourth-order valence-corrected chi connectivity index (χ4v) is 7.75. The molecule has 0 aromatic carbocycles. The molecule has 1 aliphatic heterocycles. The zero-order valence-corrected chi connectivity index (χ0v) is 17.8. The summed E-state index contributed by atoms with van der Waals surface area (Å²) < 4.78 is 0. The van der Waals surface area contributed by atoms with Crippen molar-refractivity contribution in [3.63, 3.8) is 0 Å². The summed E-state index contributed by atoms with van der Waals surface area (Å²) in [6.45, 7) is 9.10. The number of likely N-dealkylation sites (N-methyl/N-ethyl adjacent to an activating group) is 1. The fraction of sp³-hybridized carbons (Fsp3) is 0.833. The molecule has 0 N–H and O–H groups in total. The van der Waals surface area contributed by atoms with Gasteiger partial charge >= 0.3 is 0 Å². The molecule has 3 fully saturated rings. The third-order valence-corrected chi connectivity index (χ3v) is 9.57. The van der Waals surface area contributed by atoms with Gasteiger partial charge in [0.05, 0.1) is 0 Å². The standard InChI is InChI=1S/C24H37NO2/c1-6-15(2)22(27)19-9-8-17-16-7-10-20-24(4,14-12-21(26)25(20)5)18(16)11-13-23(17,19)3/h12,14-20H,6-11,13H2,1-5H3/t15?,16-,17-,18-,19+,20+,23-,24+/m0/s1. The van der Waals surface area contributed by atoms with Gasteiger partial charge in [0, 0.05) is 30.3 Å². The normalized spacial score (nSPS) is 47.2. The van der Waals surface area contributed by atoms with Gasteiger partial charge in [-0.15, -0.1) is 0 Å². The first kappa shape index (κ1) is 19.2. The Kier molecular flexibility index (Phi) is 4.59. The number of ketones is 1. The van der Waals surface area contributed by atoms with E-state index >= 15 is 0 Å². The lowest BCUT2D eigenvalue weighted by atomic mass is 9.47. The number of Topliss-reactive ketones (excluding diaryl/α,β-unsaturated/α-hetero) is 1. The number of carbonyl (C=O) groups is 2. The molecule has 1 unspecified atom stereocenters. The second kappa shape index (κ2) is 6.46. The summed E-state index contributed by atoms with van der Waals surface area (Å²) in [6, 6.07) is 0.347. The molecule has 0 bridgehead atoms. The molecule has 4 rings (SSSR count). The van der Waals surface area contributed by atoms with Crippen LogP contribution in [0.25, 0.3) is 0 Å². The predicted octanol–water partition coefficient (Wildman–Crippen LogP) is 4.86. The quantitative estimate of drug-likeness (QED) is 0.710. The number of carbonyl (C=O) groups excluding carboxylic acids is 2. The molecule has 0 aromatic heterocycles. The minimum atomic E-state index is 0.103.